The molecule has 1 aliphatic heterocycles. The fourth-order valence-corrected chi connectivity index (χ4v) is 2.85. The minimum Gasteiger partial charge on any atom is -0.492 e. The van der Waals surface area contributed by atoms with Crippen molar-refractivity contribution in [1.82, 2.24) is 20.3 Å². The van der Waals surface area contributed by atoms with Crippen molar-refractivity contribution in [2.24, 2.45) is 0 Å². The molecular formula is C20H20N4O4. The van der Waals surface area contributed by atoms with Gasteiger partial charge in [0.15, 0.2) is 17.2 Å². The van der Waals surface area contributed by atoms with Crippen LogP contribution < -0.4 is 19.5 Å². The van der Waals surface area contributed by atoms with Gasteiger partial charge in [0.2, 0.25) is 6.79 Å². The van der Waals surface area contributed by atoms with Crippen molar-refractivity contribution in [1.29, 1.82) is 0 Å². The molecule has 28 heavy (non-hydrogen) atoms. The zero-order chi connectivity index (χ0) is 19.5. The zero-order valence-corrected chi connectivity index (χ0v) is 15.6. The summed E-state index contributed by atoms with van der Waals surface area (Å²) in [6.07, 6.45) is 0. The van der Waals surface area contributed by atoms with E-state index < -0.39 is 0 Å². The summed E-state index contributed by atoms with van der Waals surface area (Å²) in [5.74, 6) is 1.72. The van der Waals surface area contributed by atoms with E-state index in [0.717, 1.165) is 11.3 Å². The Morgan fingerprint density at radius 3 is 2.75 bits per heavy atom. The van der Waals surface area contributed by atoms with E-state index in [4.69, 9.17) is 14.2 Å². The predicted molar refractivity (Wildman–Crippen MR) is 101 cm³/mol. The van der Waals surface area contributed by atoms with Crippen LogP contribution in [-0.2, 0) is 0 Å². The Kier molecular flexibility index (Phi) is 4.84. The maximum atomic E-state index is 12.4. The molecule has 1 amide bonds. The van der Waals surface area contributed by atoms with E-state index >= 15 is 0 Å². The smallest absolute Gasteiger partial charge is 0.273 e. The summed E-state index contributed by atoms with van der Waals surface area (Å²) in [5.41, 5.74) is 2.99. The number of aryl methyl sites for hydroxylation is 1. The van der Waals surface area contributed by atoms with Gasteiger partial charge in [0, 0.05) is 6.07 Å². The Hall–Kier alpha value is -3.55. The van der Waals surface area contributed by atoms with Crippen LogP contribution in [0.2, 0.25) is 0 Å². The fourth-order valence-electron chi connectivity index (χ4n) is 2.85. The largest absolute Gasteiger partial charge is 0.492 e. The van der Waals surface area contributed by atoms with E-state index in [1.165, 1.54) is 0 Å². The molecule has 8 nitrogen and oxygen atoms in total. The van der Waals surface area contributed by atoms with Crippen molar-refractivity contribution in [3.63, 3.8) is 0 Å². The molecule has 1 N–H and O–H groups in total. The van der Waals surface area contributed by atoms with Crippen molar-refractivity contribution in [2.45, 2.75) is 13.8 Å². The highest BCUT2D eigenvalue weighted by molar-refractivity contribution is 5.93. The average molecular weight is 380 g/mol. The lowest BCUT2D eigenvalue weighted by Crippen LogP contribution is -2.29. The molecule has 144 valence electrons. The van der Waals surface area contributed by atoms with Crippen LogP contribution >= 0.6 is 0 Å². The van der Waals surface area contributed by atoms with Crippen LogP contribution in [-0.4, -0.2) is 40.8 Å². The molecule has 0 fully saturated rings. The number of aromatic nitrogens is 3. The van der Waals surface area contributed by atoms with E-state index in [9.17, 15) is 4.79 Å². The molecule has 1 aromatic heterocycles. The highest BCUT2D eigenvalue weighted by Gasteiger charge is 2.17. The molecule has 1 aliphatic rings. The number of carbonyl (C=O) groups is 1. The first-order chi connectivity index (χ1) is 13.6. The van der Waals surface area contributed by atoms with Gasteiger partial charge in [-0.25, -0.2) is 4.68 Å². The molecule has 3 aromatic rings. The zero-order valence-electron chi connectivity index (χ0n) is 15.6. The molecule has 4 rings (SSSR count). The van der Waals surface area contributed by atoms with E-state index in [1.54, 1.807) is 22.9 Å². The van der Waals surface area contributed by atoms with Gasteiger partial charge in [-0.05, 0) is 38.1 Å². The number of carbonyl (C=O) groups excluding carboxylic acids is 1. The molecule has 2 aromatic carbocycles. The number of benzene rings is 2. The van der Waals surface area contributed by atoms with E-state index in [0.29, 0.717) is 41.8 Å². The third-order valence-corrected chi connectivity index (χ3v) is 4.39. The number of hydrogen-bond donors (Lipinski definition) is 1. The van der Waals surface area contributed by atoms with Crippen LogP contribution in [0.3, 0.4) is 0 Å². The summed E-state index contributed by atoms with van der Waals surface area (Å²) in [6.45, 7) is 4.71. The Morgan fingerprint density at radius 1 is 1.14 bits per heavy atom. The molecule has 0 atom stereocenters. The Labute approximate surface area is 162 Å². The molecule has 2 heterocycles. The molecule has 0 radical (unpaired) electrons. The van der Waals surface area contributed by atoms with Crippen LogP contribution in [0, 0.1) is 13.8 Å². The van der Waals surface area contributed by atoms with Crippen molar-refractivity contribution < 1.29 is 19.0 Å². The quantitative estimate of drug-likeness (QED) is 0.661. The van der Waals surface area contributed by atoms with Gasteiger partial charge in [0.1, 0.15) is 12.4 Å². The standard InChI is InChI=1S/C20H20N4O4/c1-13-3-5-15(6-4-13)24-14(2)19(22-23-24)20(25)21-9-10-26-16-7-8-17-18(11-16)28-12-27-17/h3-8,11H,9-10,12H2,1-2H3,(H,21,25). The van der Waals surface area contributed by atoms with Gasteiger partial charge in [-0.15, -0.1) is 5.10 Å². The molecule has 0 bridgehead atoms. The molecular weight excluding hydrogens is 360 g/mol. The maximum Gasteiger partial charge on any atom is 0.273 e. The fraction of sp³-hybridized carbons (Fsp3) is 0.250. The first-order valence-corrected chi connectivity index (χ1v) is 8.92. The van der Waals surface area contributed by atoms with Crippen LogP contribution in [0.25, 0.3) is 5.69 Å². The first kappa shape index (κ1) is 17.8. The molecule has 0 unspecified atom stereocenters. The van der Waals surface area contributed by atoms with Crippen LogP contribution in [0.5, 0.6) is 17.2 Å². The van der Waals surface area contributed by atoms with Crippen molar-refractivity contribution >= 4 is 5.91 Å². The Morgan fingerprint density at radius 2 is 1.93 bits per heavy atom. The second kappa shape index (κ2) is 7.59. The highest BCUT2D eigenvalue weighted by Crippen LogP contribution is 2.34. The van der Waals surface area contributed by atoms with Gasteiger partial charge in [-0.3, -0.25) is 4.79 Å². The summed E-state index contributed by atoms with van der Waals surface area (Å²) < 4.78 is 17.9. The van der Waals surface area contributed by atoms with Gasteiger partial charge in [0.25, 0.3) is 5.91 Å². The first-order valence-electron chi connectivity index (χ1n) is 8.92. The van der Waals surface area contributed by atoms with E-state index in [1.807, 2.05) is 38.1 Å². The number of hydrogen-bond acceptors (Lipinski definition) is 6. The van der Waals surface area contributed by atoms with Crippen LogP contribution in [0.15, 0.2) is 42.5 Å². The van der Waals surface area contributed by atoms with Crippen LogP contribution in [0.4, 0.5) is 0 Å². The average Bonchev–Trinajstić information content (AvgIpc) is 3.32. The van der Waals surface area contributed by atoms with Gasteiger partial charge in [-0.1, -0.05) is 22.9 Å². The highest BCUT2D eigenvalue weighted by atomic mass is 16.7. The number of rotatable bonds is 6. The Bertz CT molecular complexity index is 998. The van der Waals surface area contributed by atoms with Gasteiger partial charge in [-0.2, -0.15) is 0 Å². The minimum atomic E-state index is -0.287. The van der Waals surface area contributed by atoms with Gasteiger partial charge >= 0.3 is 0 Å². The summed E-state index contributed by atoms with van der Waals surface area (Å²) in [7, 11) is 0. The van der Waals surface area contributed by atoms with Crippen molar-refractivity contribution in [2.75, 3.05) is 19.9 Å². The number of fused-ring (bicyclic) bond motifs is 1. The maximum absolute atomic E-state index is 12.4. The summed E-state index contributed by atoms with van der Waals surface area (Å²) in [5, 5.41) is 10.9. The normalized spacial score (nSPS) is 12.1. The number of nitrogens with one attached hydrogen (secondary N) is 1. The molecule has 0 saturated heterocycles. The number of amides is 1. The minimum absolute atomic E-state index is 0.220. The topological polar surface area (TPSA) is 87.5 Å². The number of ether oxygens (including phenoxy) is 3. The molecule has 0 aliphatic carbocycles. The van der Waals surface area contributed by atoms with Crippen LogP contribution in [0.1, 0.15) is 21.7 Å². The summed E-state index contributed by atoms with van der Waals surface area (Å²) in [6, 6.07) is 13.2. The van der Waals surface area contributed by atoms with Gasteiger partial charge < -0.3 is 19.5 Å². The molecule has 0 saturated carbocycles. The predicted octanol–water partition coefficient (Wildman–Crippen LogP) is 2.42. The second-order valence-electron chi connectivity index (χ2n) is 6.39. The summed E-state index contributed by atoms with van der Waals surface area (Å²) >= 11 is 0. The molecule has 0 spiro atoms. The van der Waals surface area contributed by atoms with E-state index in [2.05, 4.69) is 15.6 Å². The Balaban J connectivity index is 1.32. The third-order valence-electron chi connectivity index (χ3n) is 4.39. The lowest BCUT2D eigenvalue weighted by Gasteiger charge is -2.08. The lowest BCUT2D eigenvalue weighted by atomic mass is 10.2. The van der Waals surface area contributed by atoms with E-state index in [-0.39, 0.29) is 12.7 Å². The van der Waals surface area contributed by atoms with Crippen molar-refractivity contribution in [3.8, 4) is 22.9 Å². The van der Waals surface area contributed by atoms with Crippen molar-refractivity contribution in [3.05, 3.63) is 59.4 Å². The SMILES string of the molecule is Cc1ccc(-n2nnc(C(=O)NCCOc3ccc4c(c3)OCO4)c2C)cc1. The second-order valence-corrected chi connectivity index (χ2v) is 6.39. The summed E-state index contributed by atoms with van der Waals surface area (Å²) in [4.78, 5) is 12.4. The lowest BCUT2D eigenvalue weighted by molar-refractivity contribution is 0.0941. The third kappa shape index (κ3) is 3.62. The molecule has 8 heteroatoms. The van der Waals surface area contributed by atoms with Gasteiger partial charge in [0.05, 0.1) is 17.9 Å². The number of nitrogens with zero attached hydrogens (tertiary/aromatic N) is 3. The monoisotopic (exact) mass is 380 g/mol.